The van der Waals surface area contributed by atoms with Crippen molar-refractivity contribution in [3.8, 4) is 0 Å². The van der Waals surface area contributed by atoms with Crippen LogP contribution in [0.25, 0.3) is 0 Å². The van der Waals surface area contributed by atoms with Gasteiger partial charge in [-0.25, -0.2) is 0 Å². The minimum atomic E-state index is -4.12. The topological polar surface area (TPSA) is 233 Å². The summed E-state index contributed by atoms with van der Waals surface area (Å²) < 4.78 is 62.5. The van der Waals surface area contributed by atoms with Gasteiger partial charge in [-0.15, -0.1) is 0 Å². The van der Waals surface area contributed by atoms with Gasteiger partial charge in [-0.3, -0.25) is 28.7 Å². The molecule has 18 atom stereocenters. The van der Waals surface area contributed by atoms with Crippen LogP contribution in [0, 0.1) is 92.7 Å². The van der Waals surface area contributed by atoms with Gasteiger partial charge in [-0.2, -0.15) is 16.8 Å². The maximum Gasteiger partial charge on any atom is 0.266 e. The maximum absolute atomic E-state index is 12.6. The van der Waals surface area contributed by atoms with Crippen molar-refractivity contribution in [2.24, 2.45) is 92.7 Å². The fourth-order valence-corrected chi connectivity index (χ4v) is 19.2. The molecule has 9 rings (SSSR count). The summed E-state index contributed by atoms with van der Waals surface area (Å²) in [6.07, 6.45) is 15.2. The number of nitrogens with zero attached hydrogens (tertiary/aromatic N) is 2. The number of carbonyl (C=O) groups excluding carboxylic acids is 2. The predicted molar refractivity (Wildman–Crippen MR) is 258 cm³/mol. The van der Waals surface area contributed by atoms with Crippen molar-refractivity contribution in [1.29, 1.82) is 0 Å². The number of hydrogen-bond acceptors (Lipinski definition) is 10. The van der Waals surface area contributed by atoms with Gasteiger partial charge in [0.25, 0.3) is 20.2 Å². The van der Waals surface area contributed by atoms with Gasteiger partial charge in [0, 0.05) is 25.9 Å². The third-order valence-electron chi connectivity index (χ3n) is 21.9. The summed E-state index contributed by atoms with van der Waals surface area (Å²) in [7, 11) is -8.24. The average molecular weight is 987 g/mol. The Bertz CT molecular complexity index is 2170. The fourth-order valence-electron chi connectivity index (χ4n) is 18.5. The molecule has 1 heterocycles. The first-order valence-corrected chi connectivity index (χ1v) is 29.7. The molecule has 382 valence electrons. The zero-order valence-corrected chi connectivity index (χ0v) is 43.2. The summed E-state index contributed by atoms with van der Waals surface area (Å²) in [5.74, 6) is 2.98. The van der Waals surface area contributed by atoms with Crippen molar-refractivity contribution in [2.75, 3.05) is 24.6 Å². The van der Waals surface area contributed by atoms with Crippen LogP contribution in [0.2, 0.25) is 0 Å². The third-order valence-corrected chi connectivity index (χ3v) is 23.3. The molecule has 1 aromatic rings. The van der Waals surface area contributed by atoms with Gasteiger partial charge >= 0.3 is 0 Å². The Morgan fingerprint density at radius 2 is 0.956 bits per heavy atom. The fraction of sp³-hybridized carbons (Fsp3) is 0.885. The lowest BCUT2D eigenvalue weighted by molar-refractivity contribution is -0.158. The second-order valence-corrected chi connectivity index (χ2v) is 28.3. The number of aromatic nitrogens is 2. The van der Waals surface area contributed by atoms with Gasteiger partial charge in [-0.1, -0.05) is 41.5 Å². The van der Waals surface area contributed by atoms with E-state index >= 15 is 0 Å². The molecule has 0 spiro atoms. The number of fused-ring (bicyclic) bond motifs is 12. The second-order valence-electron chi connectivity index (χ2n) is 25.1. The third kappa shape index (κ3) is 9.14. The maximum atomic E-state index is 12.6. The lowest BCUT2D eigenvalue weighted by atomic mass is 9.43. The van der Waals surface area contributed by atoms with Crippen LogP contribution in [0.15, 0.2) is 0 Å². The van der Waals surface area contributed by atoms with E-state index in [0.717, 1.165) is 126 Å². The normalized spacial score (nSPS) is 42.4. The average Bonchev–Trinajstić information content (AvgIpc) is 3.79. The number of aliphatic hydroxyl groups is 2. The first-order valence-electron chi connectivity index (χ1n) is 26.5. The second kappa shape index (κ2) is 18.4. The molecule has 16 heteroatoms. The standard InChI is InChI=1S/C52H82N4O10S2/c1-29(7-13-45(59)53-19-21-67(61,62)63)33-9-11-35-47-37(15-17-49(33,35)3)51(5)27-41-39(23-31(51)25-43(47)57)56-42-28-52(6)32(24-40(42)55-41)26-44(58)48-36-12-10-34(50(36,4)18-16-38(48)52)30(2)8-14-46(60)54-20-22-68(64,65)66/h29-38,43-44,47-48,57-58H,7-28H2,1-6H3,(H,53,59)(H,54,60)(H,61,62,63)(H,64,65,66)/t29-,30-,31?,32?,33+,34+,35-,36?,37-,38?,43-,44-,47-,48+,49?,50-,51-,52+/m0/s1. The molecule has 8 aliphatic carbocycles. The summed E-state index contributed by atoms with van der Waals surface area (Å²) in [5.41, 5.74) is 4.80. The highest BCUT2D eigenvalue weighted by Crippen LogP contribution is 2.70. The molecule has 8 aliphatic rings. The molecule has 0 aliphatic heterocycles. The van der Waals surface area contributed by atoms with Gasteiger partial charge in [0.2, 0.25) is 11.8 Å². The number of nitrogens with one attached hydrogen (secondary N) is 2. The number of rotatable bonds is 14. The summed E-state index contributed by atoms with van der Waals surface area (Å²) in [6, 6.07) is 0. The van der Waals surface area contributed by atoms with E-state index in [9.17, 15) is 36.6 Å². The smallest absolute Gasteiger partial charge is 0.266 e. The van der Waals surface area contributed by atoms with Crippen molar-refractivity contribution < 1.29 is 45.7 Å². The molecule has 0 radical (unpaired) electrons. The zero-order valence-electron chi connectivity index (χ0n) is 41.6. The Hall–Kier alpha value is -2.24. The van der Waals surface area contributed by atoms with Crippen LogP contribution in [0.4, 0.5) is 0 Å². The van der Waals surface area contributed by atoms with E-state index < -0.39 is 31.7 Å². The molecule has 2 amide bonds. The largest absolute Gasteiger partial charge is 0.393 e. The van der Waals surface area contributed by atoms with Gasteiger partial charge in [0.15, 0.2) is 0 Å². The van der Waals surface area contributed by atoms with Crippen molar-refractivity contribution >= 4 is 32.1 Å². The lowest BCUT2D eigenvalue weighted by Crippen LogP contribution is -2.60. The van der Waals surface area contributed by atoms with E-state index in [0.29, 0.717) is 72.0 Å². The van der Waals surface area contributed by atoms with Gasteiger partial charge in [-0.05, 0) is 195 Å². The van der Waals surface area contributed by atoms with Crippen LogP contribution < -0.4 is 10.6 Å². The van der Waals surface area contributed by atoms with Crippen LogP contribution >= 0.6 is 0 Å². The summed E-state index contributed by atoms with van der Waals surface area (Å²) in [4.78, 5) is 36.3. The quantitative estimate of drug-likeness (QED) is 0.111. The molecule has 5 unspecified atom stereocenters. The van der Waals surface area contributed by atoms with Crippen molar-refractivity contribution in [2.45, 2.75) is 169 Å². The van der Waals surface area contributed by atoms with Crippen LogP contribution in [-0.2, 0) is 55.5 Å². The monoisotopic (exact) mass is 987 g/mol. The van der Waals surface area contributed by atoms with E-state index in [4.69, 9.17) is 19.1 Å². The molecule has 14 nitrogen and oxygen atoms in total. The summed E-state index contributed by atoms with van der Waals surface area (Å²) >= 11 is 0. The first kappa shape index (κ1) is 50.7. The van der Waals surface area contributed by atoms with Gasteiger partial charge in [0.05, 0.1) is 46.5 Å². The van der Waals surface area contributed by atoms with Crippen molar-refractivity contribution in [1.82, 2.24) is 20.6 Å². The van der Waals surface area contributed by atoms with E-state index in [1.54, 1.807) is 0 Å². The Labute approximate surface area is 406 Å². The van der Waals surface area contributed by atoms with E-state index in [-0.39, 0.29) is 70.6 Å². The predicted octanol–water partition coefficient (Wildman–Crippen LogP) is 6.41. The molecular weight excluding hydrogens is 905 g/mol. The number of amides is 2. The molecule has 6 fully saturated rings. The molecule has 6 saturated carbocycles. The number of aliphatic hydroxyl groups excluding tert-OH is 2. The molecule has 0 bridgehead atoms. The number of carbonyl (C=O) groups is 2. The van der Waals surface area contributed by atoms with E-state index in [1.165, 1.54) is 0 Å². The highest BCUT2D eigenvalue weighted by atomic mass is 32.2. The van der Waals surface area contributed by atoms with Crippen LogP contribution in [0.3, 0.4) is 0 Å². The van der Waals surface area contributed by atoms with Crippen molar-refractivity contribution in [3.63, 3.8) is 0 Å². The van der Waals surface area contributed by atoms with Crippen LogP contribution in [-0.4, -0.2) is 94.7 Å². The van der Waals surface area contributed by atoms with Crippen molar-refractivity contribution in [3.05, 3.63) is 22.8 Å². The lowest BCUT2D eigenvalue weighted by Gasteiger charge is -2.62. The minimum absolute atomic E-state index is 0.0198. The number of hydrogen-bond donors (Lipinski definition) is 6. The zero-order chi connectivity index (χ0) is 48.9. The van der Waals surface area contributed by atoms with Crippen LogP contribution in [0.1, 0.15) is 154 Å². The molecule has 68 heavy (non-hydrogen) atoms. The summed E-state index contributed by atoms with van der Waals surface area (Å²) in [6.45, 7) is 14.2. The Balaban J connectivity index is 0.856. The SMILES string of the molecule is C[C@@H](CCC(=O)NCCS(=O)(=O)O)[C@H]1CC[C@H]2[C@@H]3[C@@H](O)CC4Cc5nc6c(nc5C[C@]4(C)[C@H]3CCC12C)CC1C[C@H](O)[C@H]2C(CC[C@]3(C)C2CC[C@@H]3[C@@H](C)CCC(=O)NCCS(=O)(=O)O)[C@]1(C)C6. The Kier molecular flexibility index (Phi) is 13.7. The van der Waals surface area contributed by atoms with Crippen LogP contribution in [0.5, 0.6) is 0 Å². The van der Waals surface area contributed by atoms with E-state index in [2.05, 4.69) is 52.2 Å². The molecular formula is C52H82N4O10S2. The van der Waals surface area contributed by atoms with Gasteiger partial charge in [0.1, 0.15) is 0 Å². The molecule has 1 aromatic heterocycles. The van der Waals surface area contributed by atoms with E-state index in [1.807, 2.05) is 0 Å². The minimum Gasteiger partial charge on any atom is -0.393 e. The highest BCUT2D eigenvalue weighted by Gasteiger charge is 2.65. The molecule has 0 saturated heterocycles. The Morgan fingerprint density at radius 1 is 0.588 bits per heavy atom. The molecule has 0 aromatic carbocycles. The first-order chi connectivity index (χ1) is 31.8. The molecule has 6 N–H and O–H groups in total. The summed E-state index contributed by atoms with van der Waals surface area (Å²) in [5, 5.41) is 29.7. The highest BCUT2D eigenvalue weighted by molar-refractivity contribution is 7.86. The van der Waals surface area contributed by atoms with Gasteiger partial charge < -0.3 is 20.8 Å². The Morgan fingerprint density at radius 3 is 1.32 bits per heavy atom.